The molecule has 0 aliphatic rings. The predicted octanol–water partition coefficient (Wildman–Crippen LogP) is 2.94. The van der Waals surface area contributed by atoms with Gasteiger partial charge in [-0.15, -0.1) is 0 Å². The number of aliphatic hydroxyl groups is 1. The smallest absolute Gasteiger partial charge is 0.748 e. The van der Waals surface area contributed by atoms with Crippen LogP contribution in [0.15, 0.2) is 0 Å². The fourth-order valence-electron chi connectivity index (χ4n) is 3.49. The molecule has 1 N–H and O–H groups in total. The fraction of sp³-hybridized carbons (Fsp3) is 1.00. The van der Waals surface area contributed by atoms with Crippen LogP contribution in [0.3, 0.4) is 0 Å². The van der Waals surface area contributed by atoms with Crippen molar-refractivity contribution in [3.63, 3.8) is 0 Å². The van der Waals surface area contributed by atoms with E-state index in [1.54, 1.807) is 6.92 Å². The van der Waals surface area contributed by atoms with E-state index in [2.05, 4.69) is 0 Å². The van der Waals surface area contributed by atoms with E-state index >= 15 is 0 Å². The first-order chi connectivity index (χ1) is 12.4. The van der Waals surface area contributed by atoms with Crippen LogP contribution in [0, 0.1) is 0 Å². The maximum atomic E-state index is 11.0. The fourth-order valence-corrected chi connectivity index (χ4v) is 4.35. The Morgan fingerprint density at radius 3 is 1.26 bits per heavy atom. The molecule has 0 spiro atoms. The van der Waals surface area contributed by atoms with Gasteiger partial charge in [-0.05, 0) is 26.2 Å². The average molecular weight is 415 g/mol. The van der Waals surface area contributed by atoms with Crippen LogP contribution in [0.25, 0.3) is 0 Å². The molecule has 0 aliphatic heterocycles. The van der Waals surface area contributed by atoms with Crippen molar-refractivity contribution in [2.24, 2.45) is 0 Å². The summed E-state index contributed by atoms with van der Waals surface area (Å²) in [5, 5.41) is 8.50. The molecular formula is C21H43NaO4S. The Hall–Kier alpha value is 0.870. The molecule has 4 nitrogen and oxygen atoms in total. The molecule has 0 heterocycles. The molecule has 0 aliphatic carbocycles. The molecule has 0 rings (SSSR count). The minimum Gasteiger partial charge on any atom is -0.748 e. The van der Waals surface area contributed by atoms with Gasteiger partial charge in [0.2, 0.25) is 0 Å². The predicted molar refractivity (Wildman–Crippen MR) is 109 cm³/mol. The Morgan fingerprint density at radius 1 is 0.704 bits per heavy atom. The van der Waals surface area contributed by atoms with Crippen LogP contribution in [-0.2, 0) is 10.1 Å². The average Bonchev–Trinajstić information content (AvgIpc) is 2.56. The summed E-state index contributed by atoms with van der Waals surface area (Å²) in [5.74, 6) is 0. The molecule has 0 fully saturated rings. The molecule has 158 valence electrons. The van der Waals surface area contributed by atoms with Gasteiger partial charge < -0.3 is 9.66 Å². The number of hydrogen-bond acceptors (Lipinski definition) is 4. The quantitative estimate of drug-likeness (QED) is 0.200. The normalized spacial score (nSPS) is 13.9. The van der Waals surface area contributed by atoms with Gasteiger partial charge in [-0.2, -0.15) is 0 Å². The van der Waals surface area contributed by atoms with Gasteiger partial charge in [0.25, 0.3) is 0 Å². The molecule has 0 radical (unpaired) electrons. The summed E-state index contributed by atoms with van der Waals surface area (Å²) >= 11 is 0. The summed E-state index contributed by atoms with van der Waals surface area (Å²) in [4.78, 5) is 0. The van der Waals surface area contributed by atoms with Gasteiger partial charge >= 0.3 is 29.6 Å². The maximum absolute atomic E-state index is 11.0. The zero-order chi connectivity index (χ0) is 19.7. The number of unbranched alkanes of at least 4 members (excludes halogenated alkanes) is 13. The second-order valence-corrected chi connectivity index (χ2v) is 9.55. The van der Waals surface area contributed by atoms with Crippen molar-refractivity contribution in [2.45, 2.75) is 134 Å². The van der Waals surface area contributed by atoms with E-state index in [1.165, 1.54) is 64.2 Å². The van der Waals surface area contributed by atoms with Crippen molar-refractivity contribution < 1.29 is 47.6 Å². The van der Waals surface area contributed by atoms with Crippen LogP contribution >= 0.6 is 0 Å². The third-order valence-corrected chi connectivity index (χ3v) is 6.65. The van der Waals surface area contributed by atoms with Gasteiger partial charge in [-0.25, -0.2) is 8.42 Å². The Bertz CT molecular complexity index is 399. The molecular weight excluding hydrogens is 371 g/mol. The van der Waals surface area contributed by atoms with E-state index in [0.717, 1.165) is 32.1 Å². The van der Waals surface area contributed by atoms with E-state index in [-0.39, 0.29) is 35.7 Å². The number of rotatable bonds is 19. The Balaban J connectivity index is 0. The van der Waals surface area contributed by atoms with E-state index in [1.807, 2.05) is 6.92 Å². The largest absolute Gasteiger partial charge is 1.00 e. The SMILES string of the molecule is CCC(CCCCCCCCCCCCCCCCC(C)O)S(=O)(=O)[O-].[Na+]. The third-order valence-electron chi connectivity index (χ3n) is 5.26. The topological polar surface area (TPSA) is 77.4 Å². The number of hydrogen-bond donors (Lipinski definition) is 1. The van der Waals surface area contributed by atoms with E-state index < -0.39 is 15.4 Å². The molecule has 0 aromatic carbocycles. The zero-order valence-electron chi connectivity index (χ0n) is 18.3. The van der Waals surface area contributed by atoms with Gasteiger partial charge in [0.1, 0.15) is 0 Å². The van der Waals surface area contributed by atoms with Crippen LogP contribution in [0.4, 0.5) is 0 Å². The van der Waals surface area contributed by atoms with Crippen molar-refractivity contribution in [3.8, 4) is 0 Å². The minimum atomic E-state index is -4.10. The summed E-state index contributed by atoms with van der Waals surface area (Å²) in [6.07, 6.45) is 19.0. The van der Waals surface area contributed by atoms with Gasteiger partial charge in [-0.3, -0.25) is 0 Å². The van der Waals surface area contributed by atoms with Gasteiger partial charge in [-0.1, -0.05) is 96.8 Å². The van der Waals surface area contributed by atoms with Gasteiger partial charge in [0, 0.05) is 5.25 Å². The van der Waals surface area contributed by atoms with E-state index in [4.69, 9.17) is 0 Å². The summed E-state index contributed by atoms with van der Waals surface area (Å²) in [5.41, 5.74) is 0. The molecule has 0 bridgehead atoms. The molecule has 0 saturated carbocycles. The van der Waals surface area contributed by atoms with Crippen molar-refractivity contribution in [2.75, 3.05) is 0 Å². The van der Waals surface area contributed by atoms with Crippen LogP contribution in [-0.4, -0.2) is 29.4 Å². The second kappa shape index (κ2) is 20.2. The molecule has 2 atom stereocenters. The van der Waals surface area contributed by atoms with Crippen molar-refractivity contribution in [3.05, 3.63) is 0 Å². The Morgan fingerprint density at radius 2 is 1.00 bits per heavy atom. The van der Waals surface area contributed by atoms with Crippen LogP contribution < -0.4 is 29.6 Å². The van der Waals surface area contributed by atoms with Gasteiger partial charge in [0.05, 0.1) is 16.2 Å². The summed E-state index contributed by atoms with van der Waals surface area (Å²) in [6, 6.07) is 0. The second-order valence-electron chi connectivity index (χ2n) is 7.90. The minimum absolute atomic E-state index is 0. The summed E-state index contributed by atoms with van der Waals surface area (Å²) in [7, 11) is -4.10. The standard InChI is InChI=1S/C21H44O4S.Na/c1-3-21(26(23,24)25)19-17-15-13-11-9-7-5-4-6-8-10-12-14-16-18-20(2)22;/h20-22H,3-19H2,1-2H3,(H,23,24,25);/q;+1/p-1. The molecule has 0 saturated heterocycles. The zero-order valence-corrected chi connectivity index (χ0v) is 21.1. The van der Waals surface area contributed by atoms with E-state index in [0.29, 0.717) is 12.8 Å². The Kier molecular flexibility index (Phi) is 22.4. The molecule has 2 unspecified atom stereocenters. The van der Waals surface area contributed by atoms with Gasteiger partial charge in [0.15, 0.2) is 0 Å². The molecule has 0 aromatic heterocycles. The maximum Gasteiger partial charge on any atom is 1.00 e. The van der Waals surface area contributed by atoms with Crippen LogP contribution in [0.1, 0.15) is 123 Å². The van der Waals surface area contributed by atoms with Crippen LogP contribution in [0.2, 0.25) is 0 Å². The molecule has 6 heteroatoms. The van der Waals surface area contributed by atoms with Crippen molar-refractivity contribution >= 4 is 10.1 Å². The summed E-state index contributed by atoms with van der Waals surface area (Å²) < 4.78 is 33.0. The monoisotopic (exact) mass is 414 g/mol. The molecule has 0 amide bonds. The first-order valence-electron chi connectivity index (χ1n) is 11.0. The van der Waals surface area contributed by atoms with Crippen molar-refractivity contribution in [1.82, 2.24) is 0 Å². The molecule has 27 heavy (non-hydrogen) atoms. The van der Waals surface area contributed by atoms with E-state index in [9.17, 15) is 18.1 Å². The number of aliphatic hydroxyl groups excluding tert-OH is 1. The van der Waals surface area contributed by atoms with Crippen LogP contribution in [0.5, 0.6) is 0 Å². The first kappa shape index (κ1) is 30.1. The Labute approximate surface area is 191 Å². The van der Waals surface area contributed by atoms with Crippen molar-refractivity contribution in [1.29, 1.82) is 0 Å². The first-order valence-corrected chi connectivity index (χ1v) is 12.5. The molecule has 0 aromatic rings. The summed E-state index contributed by atoms with van der Waals surface area (Å²) in [6.45, 7) is 3.64. The third kappa shape index (κ3) is 21.4.